The molecule has 2 amide bonds. The second-order valence-electron chi connectivity index (χ2n) is 7.60. The van der Waals surface area contributed by atoms with Crippen molar-refractivity contribution in [2.75, 3.05) is 16.0 Å². The maximum absolute atomic E-state index is 12.6. The number of nitro groups is 1. The molecule has 0 radical (unpaired) electrons. The zero-order chi connectivity index (χ0) is 22.8. The number of aryl methyl sites for hydroxylation is 2. The van der Waals surface area contributed by atoms with E-state index < -0.39 is 10.8 Å². The summed E-state index contributed by atoms with van der Waals surface area (Å²) < 4.78 is 0. The molecule has 1 heterocycles. The number of anilines is 2. The van der Waals surface area contributed by atoms with E-state index in [1.165, 1.54) is 6.07 Å². The van der Waals surface area contributed by atoms with Gasteiger partial charge in [0.25, 0.3) is 11.6 Å². The number of hydrogen-bond acceptors (Lipinski definition) is 5. The fraction of sp³-hybridized carbons (Fsp3) is 0.167. The van der Waals surface area contributed by atoms with Gasteiger partial charge < -0.3 is 5.32 Å². The van der Waals surface area contributed by atoms with Gasteiger partial charge in [0.2, 0.25) is 5.91 Å². The predicted molar refractivity (Wildman–Crippen MR) is 126 cm³/mol. The monoisotopic (exact) mass is 447 g/mol. The molecule has 7 nitrogen and oxygen atoms in total. The van der Waals surface area contributed by atoms with E-state index in [4.69, 9.17) is 0 Å². The van der Waals surface area contributed by atoms with Gasteiger partial charge in [-0.15, -0.1) is 11.8 Å². The summed E-state index contributed by atoms with van der Waals surface area (Å²) in [6, 6.07) is 19.6. The SMILES string of the molecule is Cc1cccc(N2C(=O)CS[C@H]2c2ccc(NC(=O)c3ccc(C)c([N+](=O)[O-])c3)cc2)c1. The van der Waals surface area contributed by atoms with Crippen LogP contribution in [0.25, 0.3) is 0 Å². The lowest BCUT2D eigenvalue weighted by Crippen LogP contribution is -2.27. The number of nitrogens with one attached hydrogen (secondary N) is 1. The van der Waals surface area contributed by atoms with Crippen LogP contribution >= 0.6 is 11.8 Å². The van der Waals surface area contributed by atoms with Gasteiger partial charge >= 0.3 is 0 Å². The van der Waals surface area contributed by atoms with Gasteiger partial charge in [0.1, 0.15) is 5.37 Å². The van der Waals surface area contributed by atoms with Crippen LogP contribution in [0.3, 0.4) is 0 Å². The number of carbonyl (C=O) groups is 2. The average Bonchev–Trinajstić information content (AvgIpc) is 3.15. The van der Waals surface area contributed by atoms with Crippen LogP contribution in [0.5, 0.6) is 0 Å². The van der Waals surface area contributed by atoms with Crippen molar-refractivity contribution in [1.29, 1.82) is 0 Å². The van der Waals surface area contributed by atoms with E-state index in [1.54, 1.807) is 47.9 Å². The predicted octanol–water partition coefficient (Wildman–Crippen LogP) is 5.24. The maximum Gasteiger partial charge on any atom is 0.273 e. The van der Waals surface area contributed by atoms with Crippen LogP contribution < -0.4 is 10.2 Å². The molecule has 3 aromatic carbocycles. The Labute approximate surface area is 189 Å². The lowest BCUT2D eigenvalue weighted by atomic mass is 10.1. The fourth-order valence-electron chi connectivity index (χ4n) is 3.61. The summed E-state index contributed by atoms with van der Waals surface area (Å²) in [7, 11) is 0. The first-order valence-corrected chi connectivity index (χ1v) is 11.0. The van der Waals surface area contributed by atoms with Crippen molar-refractivity contribution in [3.63, 3.8) is 0 Å². The molecule has 3 aromatic rings. The van der Waals surface area contributed by atoms with Gasteiger partial charge in [-0.25, -0.2) is 0 Å². The third-order valence-electron chi connectivity index (χ3n) is 5.27. The molecule has 0 aromatic heterocycles. The van der Waals surface area contributed by atoms with Crippen LogP contribution in [0.15, 0.2) is 66.7 Å². The van der Waals surface area contributed by atoms with Crippen molar-refractivity contribution in [1.82, 2.24) is 0 Å². The Morgan fingerprint density at radius 2 is 1.84 bits per heavy atom. The Morgan fingerprint density at radius 1 is 1.09 bits per heavy atom. The molecular formula is C24H21N3O4S. The van der Waals surface area contributed by atoms with Crippen molar-refractivity contribution in [2.45, 2.75) is 19.2 Å². The standard InChI is InChI=1S/C24H21N3O4S/c1-15-4-3-5-20(12-15)26-22(28)14-32-24(26)17-8-10-19(11-9-17)25-23(29)18-7-6-16(2)21(13-18)27(30)31/h3-13,24H,14H2,1-2H3,(H,25,29)/t24-/m0/s1. The zero-order valence-electron chi connectivity index (χ0n) is 17.6. The van der Waals surface area contributed by atoms with Crippen LogP contribution in [0.2, 0.25) is 0 Å². The van der Waals surface area contributed by atoms with Crippen molar-refractivity contribution in [2.24, 2.45) is 0 Å². The molecule has 1 atom stereocenters. The Balaban J connectivity index is 1.52. The topological polar surface area (TPSA) is 92.6 Å². The van der Waals surface area contributed by atoms with Gasteiger partial charge in [-0.05, 0) is 55.3 Å². The summed E-state index contributed by atoms with van der Waals surface area (Å²) >= 11 is 1.56. The molecule has 8 heteroatoms. The van der Waals surface area contributed by atoms with Crippen molar-refractivity contribution >= 4 is 40.6 Å². The largest absolute Gasteiger partial charge is 0.322 e. The summed E-state index contributed by atoms with van der Waals surface area (Å²) in [5.41, 5.74) is 4.09. The molecule has 0 unspecified atom stereocenters. The molecule has 32 heavy (non-hydrogen) atoms. The van der Waals surface area contributed by atoms with E-state index in [0.717, 1.165) is 16.8 Å². The zero-order valence-corrected chi connectivity index (χ0v) is 18.4. The maximum atomic E-state index is 12.6. The highest BCUT2D eigenvalue weighted by molar-refractivity contribution is 8.00. The average molecular weight is 448 g/mol. The first-order valence-electron chi connectivity index (χ1n) is 10.00. The first kappa shape index (κ1) is 21.6. The Kier molecular flexibility index (Phi) is 5.96. The van der Waals surface area contributed by atoms with Crippen molar-refractivity contribution < 1.29 is 14.5 Å². The second-order valence-corrected chi connectivity index (χ2v) is 8.67. The quantitative estimate of drug-likeness (QED) is 0.426. The van der Waals surface area contributed by atoms with Crippen LogP contribution in [0.1, 0.15) is 32.4 Å². The van der Waals surface area contributed by atoms with Gasteiger partial charge in [-0.2, -0.15) is 0 Å². The van der Waals surface area contributed by atoms with Crippen LogP contribution in [-0.2, 0) is 4.79 Å². The lowest BCUT2D eigenvalue weighted by Gasteiger charge is -2.25. The molecule has 162 valence electrons. The van der Waals surface area contributed by atoms with E-state index in [0.29, 0.717) is 17.0 Å². The minimum absolute atomic E-state index is 0.0592. The summed E-state index contributed by atoms with van der Waals surface area (Å²) in [6.07, 6.45) is 0. The molecule has 1 saturated heterocycles. The molecule has 0 aliphatic carbocycles. The van der Waals surface area contributed by atoms with Crippen LogP contribution in [0.4, 0.5) is 17.1 Å². The second kappa shape index (κ2) is 8.84. The highest BCUT2D eigenvalue weighted by atomic mass is 32.2. The minimum Gasteiger partial charge on any atom is -0.322 e. The Bertz CT molecular complexity index is 1210. The molecule has 0 bridgehead atoms. The van der Waals surface area contributed by atoms with E-state index in [9.17, 15) is 19.7 Å². The molecule has 1 aliphatic rings. The molecule has 4 rings (SSSR count). The smallest absolute Gasteiger partial charge is 0.273 e. The van der Waals surface area contributed by atoms with Gasteiger partial charge in [0, 0.05) is 28.6 Å². The molecule has 1 aliphatic heterocycles. The normalized spacial score (nSPS) is 15.6. The van der Waals surface area contributed by atoms with Crippen molar-refractivity contribution in [3.05, 3.63) is 99.1 Å². The summed E-state index contributed by atoms with van der Waals surface area (Å²) in [5.74, 6) is 0.0418. The number of amides is 2. The third-order valence-corrected chi connectivity index (χ3v) is 6.48. The van der Waals surface area contributed by atoms with Gasteiger partial charge in [0.05, 0.1) is 10.7 Å². The molecule has 1 N–H and O–H groups in total. The number of nitro benzene ring substituents is 1. The number of thioether (sulfide) groups is 1. The Hall–Kier alpha value is -3.65. The number of benzene rings is 3. The molecule has 1 fully saturated rings. The minimum atomic E-state index is -0.499. The number of carbonyl (C=O) groups excluding carboxylic acids is 2. The van der Waals surface area contributed by atoms with Gasteiger partial charge in [0.15, 0.2) is 0 Å². The number of rotatable bonds is 5. The van der Waals surface area contributed by atoms with Gasteiger partial charge in [-0.3, -0.25) is 24.6 Å². The third kappa shape index (κ3) is 4.36. The van der Waals surface area contributed by atoms with E-state index in [1.807, 2.05) is 43.3 Å². The van der Waals surface area contributed by atoms with E-state index in [2.05, 4.69) is 5.32 Å². The fourth-order valence-corrected chi connectivity index (χ4v) is 4.79. The number of nitrogens with zero attached hydrogens (tertiary/aromatic N) is 2. The van der Waals surface area contributed by atoms with E-state index in [-0.39, 0.29) is 22.5 Å². The number of hydrogen-bond donors (Lipinski definition) is 1. The van der Waals surface area contributed by atoms with Crippen molar-refractivity contribution in [3.8, 4) is 0 Å². The highest BCUT2D eigenvalue weighted by Crippen LogP contribution is 2.42. The van der Waals surface area contributed by atoms with Crippen LogP contribution in [0, 0.1) is 24.0 Å². The highest BCUT2D eigenvalue weighted by Gasteiger charge is 2.34. The van der Waals surface area contributed by atoms with E-state index >= 15 is 0 Å². The van der Waals surface area contributed by atoms with Gasteiger partial charge in [-0.1, -0.05) is 30.3 Å². The molecular weight excluding hydrogens is 426 g/mol. The Morgan fingerprint density at radius 3 is 2.53 bits per heavy atom. The molecule has 0 saturated carbocycles. The molecule has 0 spiro atoms. The summed E-state index contributed by atoms with van der Waals surface area (Å²) in [6.45, 7) is 3.62. The summed E-state index contributed by atoms with van der Waals surface area (Å²) in [5, 5.41) is 13.8. The summed E-state index contributed by atoms with van der Waals surface area (Å²) in [4.78, 5) is 37.5. The lowest BCUT2D eigenvalue weighted by molar-refractivity contribution is -0.385. The van der Waals surface area contributed by atoms with Crippen LogP contribution in [-0.4, -0.2) is 22.5 Å². The first-order chi connectivity index (χ1) is 15.3.